The molecular formula is C19H19BrN2O3. The van der Waals surface area contributed by atoms with Gasteiger partial charge in [-0.05, 0) is 48.7 Å². The normalized spacial score (nSPS) is 9.28. The topological polar surface area (TPSA) is 86.3 Å². The number of methoxy groups -OCH3 is 2. The molecule has 0 heterocycles. The molecule has 0 aliphatic rings. The van der Waals surface area contributed by atoms with Gasteiger partial charge < -0.3 is 14.6 Å². The SMILES string of the molecule is COc1cc(Br)cc(C)c1C#N.COc1cc(CO)cc(C)c1C#N. The number of rotatable bonds is 3. The maximum atomic E-state index is 8.91. The summed E-state index contributed by atoms with van der Waals surface area (Å²) in [5, 5.41) is 26.5. The van der Waals surface area contributed by atoms with Gasteiger partial charge in [0.15, 0.2) is 0 Å². The Morgan fingerprint density at radius 2 is 1.40 bits per heavy atom. The van der Waals surface area contributed by atoms with Crippen LogP contribution < -0.4 is 9.47 Å². The molecule has 0 aliphatic carbocycles. The summed E-state index contributed by atoms with van der Waals surface area (Å²) in [5.41, 5.74) is 3.63. The summed E-state index contributed by atoms with van der Waals surface area (Å²) in [6.45, 7) is 3.66. The fourth-order valence-corrected chi connectivity index (χ4v) is 2.79. The average Bonchev–Trinajstić information content (AvgIpc) is 2.60. The fraction of sp³-hybridized carbons (Fsp3) is 0.263. The molecule has 0 aliphatic heterocycles. The van der Waals surface area contributed by atoms with E-state index in [9.17, 15) is 0 Å². The van der Waals surface area contributed by atoms with Crippen LogP contribution in [0.4, 0.5) is 0 Å². The van der Waals surface area contributed by atoms with Crippen LogP contribution >= 0.6 is 15.9 Å². The molecule has 25 heavy (non-hydrogen) atoms. The number of benzene rings is 2. The van der Waals surface area contributed by atoms with Crippen molar-refractivity contribution in [2.75, 3.05) is 14.2 Å². The molecule has 0 bridgehead atoms. The van der Waals surface area contributed by atoms with Gasteiger partial charge in [0.1, 0.15) is 23.6 Å². The van der Waals surface area contributed by atoms with E-state index in [1.54, 1.807) is 25.3 Å². The molecule has 130 valence electrons. The third-order valence-corrected chi connectivity index (χ3v) is 3.93. The maximum Gasteiger partial charge on any atom is 0.138 e. The lowest BCUT2D eigenvalue weighted by Crippen LogP contribution is -1.94. The summed E-state index contributed by atoms with van der Waals surface area (Å²) >= 11 is 3.33. The number of hydrogen-bond acceptors (Lipinski definition) is 5. The molecule has 0 unspecified atom stereocenters. The van der Waals surface area contributed by atoms with Crippen LogP contribution in [0.2, 0.25) is 0 Å². The summed E-state index contributed by atoms with van der Waals surface area (Å²) in [7, 11) is 3.07. The average molecular weight is 403 g/mol. The monoisotopic (exact) mass is 402 g/mol. The van der Waals surface area contributed by atoms with Crippen molar-refractivity contribution < 1.29 is 14.6 Å². The van der Waals surface area contributed by atoms with Gasteiger partial charge in [-0.3, -0.25) is 0 Å². The lowest BCUT2D eigenvalue weighted by Gasteiger charge is -2.07. The van der Waals surface area contributed by atoms with Crippen LogP contribution in [-0.2, 0) is 6.61 Å². The summed E-state index contributed by atoms with van der Waals surface area (Å²) in [6.07, 6.45) is 0. The molecule has 0 saturated heterocycles. The van der Waals surface area contributed by atoms with Crippen molar-refractivity contribution in [2.45, 2.75) is 20.5 Å². The van der Waals surface area contributed by atoms with Gasteiger partial charge in [0.05, 0.1) is 32.0 Å². The summed E-state index contributed by atoms with van der Waals surface area (Å²) < 4.78 is 11.0. The minimum atomic E-state index is -0.0388. The number of aryl methyl sites for hydroxylation is 2. The van der Waals surface area contributed by atoms with Gasteiger partial charge in [-0.1, -0.05) is 22.0 Å². The highest BCUT2D eigenvalue weighted by Crippen LogP contribution is 2.26. The van der Waals surface area contributed by atoms with Crippen LogP contribution in [0.1, 0.15) is 27.8 Å². The molecule has 0 fully saturated rings. The van der Waals surface area contributed by atoms with Crippen LogP contribution in [0.25, 0.3) is 0 Å². The molecule has 0 spiro atoms. The third kappa shape index (κ3) is 5.22. The molecule has 2 aromatic rings. The first-order valence-electron chi connectivity index (χ1n) is 7.34. The van der Waals surface area contributed by atoms with E-state index in [1.165, 1.54) is 7.11 Å². The van der Waals surface area contributed by atoms with Gasteiger partial charge in [-0.15, -0.1) is 0 Å². The maximum absolute atomic E-state index is 8.91. The Hall–Kier alpha value is -2.54. The largest absolute Gasteiger partial charge is 0.495 e. The minimum absolute atomic E-state index is 0.0388. The van der Waals surface area contributed by atoms with Crippen LogP contribution in [0.15, 0.2) is 28.7 Å². The second-order valence-corrected chi connectivity index (χ2v) is 6.09. The van der Waals surface area contributed by atoms with E-state index in [4.69, 9.17) is 25.1 Å². The minimum Gasteiger partial charge on any atom is -0.495 e. The van der Waals surface area contributed by atoms with Crippen molar-refractivity contribution in [1.82, 2.24) is 0 Å². The number of nitriles is 2. The Morgan fingerprint density at radius 1 is 0.920 bits per heavy atom. The lowest BCUT2D eigenvalue weighted by atomic mass is 10.1. The first kappa shape index (κ1) is 20.5. The van der Waals surface area contributed by atoms with Crippen molar-refractivity contribution in [3.05, 3.63) is 56.6 Å². The van der Waals surface area contributed by atoms with Gasteiger partial charge >= 0.3 is 0 Å². The molecule has 1 N–H and O–H groups in total. The Balaban J connectivity index is 0.000000251. The Bertz CT molecular complexity index is 836. The van der Waals surface area contributed by atoms with Gasteiger partial charge in [-0.2, -0.15) is 10.5 Å². The number of ether oxygens (including phenoxy) is 2. The van der Waals surface area contributed by atoms with E-state index in [2.05, 4.69) is 28.1 Å². The smallest absolute Gasteiger partial charge is 0.138 e. The lowest BCUT2D eigenvalue weighted by molar-refractivity contribution is 0.281. The molecule has 2 aromatic carbocycles. The molecule has 2 rings (SSSR count). The van der Waals surface area contributed by atoms with Crippen LogP contribution in [0.5, 0.6) is 11.5 Å². The van der Waals surface area contributed by atoms with Gasteiger partial charge in [0.25, 0.3) is 0 Å². The van der Waals surface area contributed by atoms with Crippen molar-refractivity contribution in [3.63, 3.8) is 0 Å². The Kier molecular flexibility index (Phi) is 7.94. The number of aliphatic hydroxyl groups excluding tert-OH is 1. The molecule has 0 radical (unpaired) electrons. The van der Waals surface area contributed by atoms with Gasteiger partial charge in [-0.25, -0.2) is 0 Å². The van der Waals surface area contributed by atoms with Gasteiger partial charge in [0, 0.05) is 4.47 Å². The number of nitrogens with zero attached hydrogens (tertiary/aromatic N) is 2. The highest BCUT2D eigenvalue weighted by atomic mass is 79.9. The predicted molar refractivity (Wildman–Crippen MR) is 98.5 cm³/mol. The van der Waals surface area contributed by atoms with E-state index >= 15 is 0 Å². The van der Waals surface area contributed by atoms with E-state index in [-0.39, 0.29) is 6.61 Å². The first-order valence-corrected chi connectivity index (χ1v) is 8.13. The van der Waals surface area contributed by atoms with Crippen LogP contribution in [0.3, 0.4) is 0 Å². The third-order valence-electron chi connectivity index (χ3n) is 3.47. The summed E-state index contributed by atoms with van der Waals surface area (Å²) in [5.74, 6) is 1.14. The van der Waals surface area contributed by atoms with Crippen LogP contribution in [0, 0.1) is 36.5 Å². The first-order chi connectivity index (χ1) is 11.9. The standard InChI is InChI=1S/C10H11NO2.C9H8BrNO/c1-7-3-8(6-12)4-10(13-2)9(7)5-11;1-6-3-7(10)4-9(12-2)8(6)5-11/h3-4,12H,6H2,1-2H3;3-4H,1-2H3. The van der Waals surface area contributed by atoms with E-state index in [0.717, 1.165) is 21.2 Å². The van der Waals surface area contributed by atoms with Crippen molar-refractivity contribution in [1.29, 1.82) is 10.5 Å². The van der Waals surface area contributed by atoms with Crippen molar-refractivity contribution >= 4 is 15.9 Å². The second kappa shape index (κ2) is 9.68. The van der Waals surface area contributed by atoms with E-state index < -0.39 is 0 Å². The predicted octanol–water partition coefficient (Wildman–Crippen LogP) is 4.01. The fourth-order valence-electron chi connectivity index (χ4n) is 2.24. The molecule has 0 amide bonds. The second-order valence-electron chi connectivity index (χ2n) is 5.17. The zero-order chi connectivity index (χ0) is 19.0. The number of halogens is 1. The summed E-state index contributed by atoms with van der Waals surface area (Å²) in [6, 6.07) is 11.3. The van der Waals surface area contributed by atoms with E-state index in [1.807, 2.05) is 19.9 Å². The molecule has 6 heteroatoms. The highest BCUT2D eigenvalue weighted by Gasteiger charge is 2.07. The summed E-state index contributed by atoms with van der Waals surface area (Å²) in [4.78, 5) is 0. The molecule has 0 atom stereocenters. The van der Waals surface area contributed by atoms with Crippen LogP contribution in [-0.4, -0.2) is 19.3 Å². The number of aliphatic hydroxyl groups is 1. The zero-order valence-electron chi connectivity index (χ0n) is 14.6. The quantitative estimate of drug-likeness (QED) is 0.837. The Labute approximate surface area is 156 Å². The Morgan fingerprint density at radius 3 is 1.84 bits per heavy atom. The van der Waals surface area contributed by atoms with E-state index in [0.29, 0.717) is 22.6 Å². The highest BCUT2D eigenvalue weighted by molar-refractivity contribution is 9.10. The van der Waals surface area contributed by atoms with Gasteiger partial charge in [0.2, 0.25) is 0 Å². The van der Waals surface area contributed by atoms with Crippen molar-refractivity contribution in [3.8, 4) is 23.6 Å². The molecule has 5 nitrogen and oxygen atoms in total. The molecule has 0 saturated carbocycles. The van der Waals surface area contributed by atoms with Crippen molar-refractivity contribution in [2.24, 2.45) is 0 Å². The molecular weight excluding hydrogens is 384 g/mol. The molecule has 0 aromatic heterocycles. The zero-order valence-corrected chi connectivity index (χ0v) is 16.1. The number of hydrogen-bond donors (Lipinski definition) is 1.